The summed E-state index contributed by atoms with van der Waals surface area (Å²) in [5.41, 5.74) is 2.47. The lowest BCUT2D eigenvalue weighted by molar-refractivity contribution is -0.386. The summed E-state index contributed by atoms with van der Waals surface area (Å²) >= 11 is 0. The summed E-state index contributed by atoms with van der Waals surface area (Å²) in [5, 5.41) is 15.4. The number of rotatable bonds is 8. The van der Waals surface area contributed by atoms with Crippen molar-refractivity contribution < 1.29 is 14.6 Å². The minimum atomic E-state index is -0.473. The maximum Gasteiger partial charge on any atom is 0.279 e. The monoisotopic (exact) mass is 392 g/mol. The van der Waals surface area contributed by atoms with Gasteiger partial charge in [0, 0.05) is 37.7 Å². The van der Waals surface area contributed by atoms with Gasteiger partial charge in [-0.2, -0.15) is 0 Å². The molecule has 0 radical (unpaired) electrons. The fourth-order valence-electron chi connectivity index (χ4n) is 2.73. The molecule has 0 aliphatic heterocycles. The number of anilines is 1. The van der Waals surface area contributed by atoms with Crippen LogP contribution < -0.4 is 5.32 Å². The average Bonchev–Trinajstić information content (AvgIpc) is 2.76. The van der Waals surface area contributed by atoms with Gasteiger partial charge in [-0.15, -0.1) is 0 Å². The first-order valence-corrected chi connectivity index (χ1v) is 8.91. The number of hydroxylamine groups is 2. The summed E-state index contributed by atoms with van der Waals surface area (Å²) in [6, 6.07) is 17.2. The predicted molar refractivity (Wildman–Crippen MR) is 108 cm³/mol. The quantitative estimate of drug-likeness (QED) is 0.462. The topological polar surface area (TPSA) is 97.6 Å². The van der Waals surface area contributed by atoms with Crippen LogP contribution in [0, 0.1) is 10.1 Å². The van der Waals surface area contributed by atoms with E-state index in [1.807, 2.05) is 24.3 Å². The molecule has 2 aromatic carbocycles. The molecular weight excluding hydrogens is 372 g/mol. The Morgan fingerprint density at radius 2 is 1.79 bits per heavy atom. The van der Waals surface area contributed by atoms with Crippen molar-refractivity contribution in [3.05, 3.63) is 99.9 Å². The van der Waals surface area contributed by atoms with Crippen molar-refractivity contribution in [2.24, 2.45) is 0 Å². The van der Waals surface area contributed by atoms with Crippen molar-refractivity contribution in [3.8, 4) is 0 Å². The Hall–Kier alpha value is -3.78. The first kappa shape index (κ1) is 20.0. The molecule has 0 atom stereocenters. The molecule has 0 unspecified atom stereocenters. The van der Waals surface area contributed by atoms with Crippen LogP contribution in [0.1, 0.15) is 21.5 Å². The molecule has 0 saturated heterocycles. The van der Waals surface area contributed by atoms with Crippen LogP contribution in [0.4, 0.5) is 11.4 Å². The minimum absolute atomic E-state index is 0.0484. The normalized spacial score (nSPS) is 10.4. The summed E-state index contributed by atoms with van der Waals surface area (Å²) in [6.45, 7) is 0.444. The van der Waals surface area contributed by atoms with Gasteiger partial charge >= 0.3 is 0 Å². The van der Waals surface area contributed by atoms with Crippen LogP contribution in [-0.4, -0.2) is 27.9 Å². The van der Waals surface area contributed by atoms with Crippen molar-refractivity contribution >= 4 is 17.3 Å². The second-order valence-electron chi connectivity index (χ2n) is 6.22. The highest BCUT2D eigenvalue weighted by Gasteiger charge is 2.18. The van der Waals surface area contributed by atoms with Crippen LogP contribution in [0.15, 0.2) is 73.1 Å². The fourth-order valence-corrected chi connectivity index (χ4v) is 2.73. The summed E-state index contributed by atoms with van der Waals surface area (Å²) in [7, 11) is 1.48. The number of carbonyl (C=O) groups excluding carboxylic acids is 1. The molecule has 1 aromatic heterocycles. The van der Waals surface area contributed by atoms with Gasteiger partial charge in [0.25, 0.3) is 11.6 Å². The number of amides is 1. The highest BCUT2D eigenvalue weighted by Crippen LogP contribution is 2.21. The molecule has 0 spiro atoms. The largest absolute Gasteiger partial charge is 0.380 e. The lowest BCUT2D eigenvalue weighted by Crippen LogP contribution is -2.27. The van der Waals surface area contributed by atoms with Gasteiger partial charge in [-0.25, -0.2) is 5.06 Å². The van der Waals surface area contributed by atoms with E-state index < -0.39 is 4.92 Å². The maximum atomic E-state index is 12.8. The molecular formula is C21H20N4O4. The molecule has 1 N–H and O–H groups in total. The Bertz CT molecular complexity index is 995. The van der Waals surface area contributed by atoms with E-state index in [4.69, 9.17) is 4.84 Å². The second-order valence-corrected chi connectivity index (χ2v) is 6.22. The summed E-state index contributed by atoms with van der Waals surface area (Å²) < 4.78 is 0. The van der Waals surface area contributed by atoms with Gasteiger partial charge in [-0.05, 0) is 35.9 Å². The smallest absolute Gasteiger partial charge is 0.279 e. The zero-order valence-corrected chi connectivity index (χ0v) is 15.8. The van der Waals surface area contributed by atoms with Crippen LogP contribution in [-0.2, 0) is 18.0 Å². The molecule has 0 fully saturated rings. The van der Waals surface area contributed by atoms with E-state index in [-0.39, 0.29) is 18.2 Å². The van der Waals surface area contributed by atoms with E-state index >= 15 is 0 Å². The van der Waals surface area contributed by atoms with Crippen LogP contribution in [0.3, 0.4) is 0 Å². The third kappa shape index (κ3) is 5.14. The summed E-state index contributed by atoms with van der Waals surface area (Å²) in [6.07, 6.45) is 3.41. The van der Waals surface area contributed by atoms with Gasteiger partial charge in [-0.1, -0.05) is 24.3 Å². The third-order valence-electron chi connectivity index (χ3n) is 4.28. The van der Waals surface area contributed by atoms with Gasteiger partial charge in [0.1, 0.15) is 6.61 Å². The Balaban J connectivity index is 1.68. The summed E-state index contributed by atoms with van der Waals surface area (Å²) in [5.74, 6) is -0.360. The highest BCUT2D eigenvalue weighted by atomic mass is 16.7. The molecule has 0 saturated carbocycles. The average molecular weight is 392 g/mol. The molecule has 8 nitrogen and oxygen atoms in total. The van der Waals surface area contributed by atoms with Gasteiger partial charge < -0.3 is 5.32 Å². The number of para-hydroxylation sites is 2. The minimum Gasteiger partial charge on any atom is -0.380 e. The molecule has 0 aliphatic carbocycles. The fraction of sp³-hybridized carbons (Fsp3) is 0.143. The van der Waals surface area contributed by atoms with Crippen LogP contribution in [0.5, 0.6) is 0 Å². The first-order chi connectivity index (χ1) is 14.1. The molecule has 3 aromatic rings. The van der Waals surface area contributed by atoms with E-state index in [9.17, 15) is 14.9 Å². The molecule has 1 heterocycles. The SMILES string of the molecule is CN(OCc1ccccc1[N+](=O)[O-])C(=O)c1ccccc1NCc1ccncc1. The molecule has 1 amide bonds. The maximum absolute atomic E-state index is 12.8. The Morgan fingerprint density at radius 1 is 1.10 bits per heavy atom. The van der Waals surface area contributed by atoms with E-state index in [1.54, 1.807) is 42.7 Å². The zero-order chi connectivity index (χ0) is 20.6. The molecule has 0 bridgehead atoms. The lowest BCUT2D eigenvalue weighted by Gasteiger charge is -2.19. The molecule has 3 rings (SSSR count). The summed E-state index contributed by atoms with van der Waals surface area (Å²) in [4.78, 5) is 33.0. The Morgan fingerprint density at radius 3 is 2.55 bits per heavy atom. The Labute approximate surface area is 167 Å². The van der Waals surface area contributed by atoms with Crippen molar-refractivity contribution in [1.82, 2.24) is 10.0 Å². The predicted octanol–water partition coefficient (Wildman–Crippen LogP) is 3.81. The number of hydrogen-bond acceptors (Lipinski definition) is 6. The van der Waals surface area contributed by atoms with Crippen LogP contribution in [0.2, 0.25) is 0 Å². The second kappa shape index (κ2) is 9.43. The van der Waals surface area contributed by atoms with Crippen LogP contribution >= 0.6 is 0 Å². The molecule has 8 heteroatoms. The van der Waals surface area contributed by atoms with Crippen molar-refractivity contribution in [3.63, 3.8) is 0 Å². The van der Waals surface area contributed by atoms with E-state index in [2.05, 4.69) is 10.3 Å². The molecule has 29 heavy (non-hydrogen) atoms. The number of nitro benzene ring substituents is 1. The van der Waals surface area contributed by atoms with Crippen molar-refractivity contribution in [2.45, 2.75) is 13.2 Å². The van der Waals surface area contributed by atoms with Crippen molar-refractivity contribution in [1.29, 1.82) is 0 Å². The van der Waals surface area contributed by atoms with Crippen molar-refractivity contribution in [2.75, 3.05) is 12.4 Å². The first-order valence-electron chi connectivity index (χ1n) is 8.91. The van der Waals surface area contributed by atoms with E-state index in [0.717, 1.165) is 10.6 Å². The number of hydrogen-bond donors (Lipinski definition) is 1. The van der Waals surface area contributed by atoms with E-state index in [1.165, 1.54) is 13.1 Å². The van der Waals surface area contributed by atoms with Crippen LogP contribution in [0.25, 0.3) is 0 Å². The third-order valence-corrected chi connectivity index (χ3v) is 4.28. The van der Waals surface area contributed by atoms with Gasteiger partial charge in [0.05, 0.1) is 16.1 Å². The standard InChI is InChI=1S/C21H20N4O4/c1-24(29-15-17-6-2-5-9-20(17)25(27)28)21(26)18-7-3-4-8-19(18)23-14-16-10-12-22-13-11-16/h2-13,23H,14-15H2,1H3. The number of nitro groups is 1. The molecule has 0 aliphatic rings. The number of pyridine rings is 1. The molecule has 148 valence electrons. The number of nitrogens with zero attached hydrogens (tertiary/aromatic N) is 3. The highest BCUT2D eigenvalue weighted by molar-refractivity contribution is 5.98. The zero-order valence-electron chi connectivity index (χ0n) is 15.8. The van der Waals surface area contributed by atoms with Gasteiger partial charge in [0.15, 0.2) is 0 Å². The number of carbonyl (C=O) groups is 1. The van der Waals surface area contributed by atoms with Gasteiger partial charge in [0.2, 0.25) is 0 Å². The Kier molecular flexibility index (Phi) is 6.49. The lowest BCUT2D eigenvalue weighted by atomic mass is 10.1. The number of nitrogens with one attached hydrogen (secondary N) is 1. The van der Waals surface area contributed by atoms with Gasteiger partial charge in [-0.3, -0.25) is 24.7 Å². The van der Waals surface area contributed by atoms with E-state index in [0.29, 0.717) is 23.4 Å². The number of benzene rings is 2. The number of aromatic nitrogens is 1.